The Labute approximate surface area is 102 Å². The van der Waals surface area contributed by atoms with Crippen LogP contribution < -0.4 is 5.73 Å². The molecule has 7 heteroatoms. The minimum atomic E-state index is -0.694. The first-order valence-electron chi connectivity index (χ1n) is 4.75. The Balaban J connectivity index is 2.53. The van der Waals surface area contributed by atoms with Gasteiger partial charge in [-0.05, 0) is 12.1 Å². The Morgan fingerprint density at radius 1 is 1.53 bits per heavy atom. The summed E-state index contributed by atoms with van der Waals surface area (Å²) in [5.41, 5.74) is 5.58. The van der Waals surface area contributed by atoms with Crippen molar-refractivity contribution in [2.75, 3.05) is 12.9 Å². The predicted molar refractivity (Wildman–Crippen MR) is 63.8 cm³/mol. The van der Waals surface area contributed by atoms with Crippen LogP contribution in [0.4, 0.5) is 5.69 Å². The molecule has 1 aromatic carbocycles. The molecule has 0 spiro atoms. The molecule has 1 atom stereocenters. The third-order valence-electron chi connectivity index (χ3n) is 1.98. The van der Waals surface area contributed by atoms with Crippen LogP contribution in [-0.2, 0) is 9.53 Å². The average molecular weight is 256 g/mol. The van der Waals surface area contributed by atoms with Gasteiger partial charge in [0.15, 0.2) is 0 Å². The molecule has 0 aliphatic rings. The van der Waals surface area contributed by atoms with Crippen molar-refractivity contribution < 1.29 is 14.5 Å². The van der Waals surface area contributed by atoms with E-state index < -0.39 is 16.9 Å². The van der Waals surface area contributed by atoms with Crippen molar-refractivity contribution in [1.29, 1.82) is 0 Å². The minimum absolute atomic E-state index is 0.0339. The van der Waals surface area contributed by atoms with E-state index in [1.165, 1.54) is 31.0 Å². The number of benzene rings is 1. The largest absolute Gasteiger partial charge is 0.468 e. The molecule has 0 amide bonds. The highest BCUT2D eigenvalue weighted by atomic mass is 32.2. The number of ether oxygens (including phenoxy) is 1. The van der Waals surface area contributed by atoms with Crippen molar-refractivity contribution in [3.05, 3.63) is 34.4 Å². The summed E-state index contributed by atoms with van der Waals surface area (Å²) in [5, 5.41) is 10.4. The van der Waals surface area contributed by atoms with E-state index in [0.29, 0.717) is 5.75 Å². The van der Waals surface area contributed by atoms with Crippen LogP contribution in [0.5, 0.6) is 0 Å². The molecule has 1 aromatic rings. The fourth-order valence-corrected chi connectivity index (χ4v) is 1.91. The van der Waals surface area contributed by atoms with Gasteiger partial charge in [-0.15, -0.1) is 11.8 Å². The van der Waals surface area contributed by atoms with Crippen molar-refractivity contribution in [3.8, 4) is 0 Å². The van der Waals surface area contributed by atoms with E-state index in [2.05, 4.69) is 4.74 Å². The molecule has 0 saturated carbocycles. The molecule has 1 unspecified atom stereocenters. The monoisotopic (exact) mass is 256 g/mol. The van der Waals surface area contributed by atoms with Crippen LogP contribution in [0, 0.1) is 10.1 Å². The van der Waals surface area contributed by atoms with Gasteiger partial charge in [-0.2, -0.15) is 0 Å². The summed E-state index contributed by atoms with van der Waals surface area (Å²) in [4.78, 5) is 21.8. The minimum Gasteiger partial charge on any atom is -0.468 e. The average Bonchev–Trinajstić information content (AvgIpc) is 2.35. The molecule has 0 aliphatic heterocycles. The standard InChI is InChI=1S/C10H12N2O4S/c1-16-10(13)9(11)6-17-8-4-2-7(3-5-8)12(14)15/h2-5,9H,6,11H2,1H3. The number of hydrogen-bond acceptors (Lipinski definition) is 6. The summed E-state index contributed by atoms with van der Waals surface area (Å²) in [6.45, 7) is 0. The fourth-order valence-electron chi connectivity index (χ4n) is 1.07. The molecule has 0 aliphatic carbocycles. The van der Waals surface area contributed by atoms with Crippen LogP contribution >= 0.6 is 11.8 Å². The number of hydrogen-bond donors (Lipinski definition) is 1. The van der Waals surface area contributed by atoms with Crippen molar-refractivity contribution in [2.24, 2.45) is 5.73 Å². The fraction of sp³-hybridized carbons (Fsp3) is 0.300. The summed E-state index contributed by atoms with van der Waals surface area (Å²) in [7, 11) is 1.28. The molecule has 1 rings (SSSR count). The molecule has 0 bridgehead atoms. The number of nitrogens with two attached hydrogens (primary N) is 1. The molecule has 92 valence electrons. The lowest BCUT2D eigenvalue weighted by molar-refractivity contribution is -0.384. The molecular formula is C10H12N2O4S. The summed E-state index contributed by atoms with van der Waals surface area (Å²) < 4.78 is 4.48. The van der Waals surface area contributed by atoms with Gasteiger partial charge in [0.25, 0.3) is 5.69 Å². The van der Waals surface area contributed by atoms with Crippen LogP contribution in [-0.4, -0.2) is 29.8 Å². The van der Waals surface area contributed by atoms with Crippen LogP contribution in [0.2, 0.25) is 0 Å². The van der Waals surface area contributed by atoms with Crippen molar-refractivity contribution >= 4 is 23.4 Å². The Morgan fingerprint density at radius 3 is 2.59 bits per heavy atom. The van der Waals surface area contributed by atoms with Gasteiger partial charge in [-0.1, -0.05) is 0 Å². The molecule has 6 nitrogen and oxygen atoms in total. The quantitative estimate of drug-likeness (QED) is 0.368. The Bertz CT molecular complexity index is 407. The molecule has 0 radical (unpaired) electrons. The number of rotatable bonds is 5. The van der Waals surface area contributed by atoms with Gasteiger partial charge in [0.1, 0.15) is 6.04 Å². The second-order valence-corrected chi connectivity index (χ2v) is 4.29. The van der Waals surface area contributed by atoms with Gasteiger partial charge in [-0.25, -0.2) is 0 Å². The zero-order valence-corrected chi connectivity index (χ0v) is 9.98. The zero-order chi connectivity index (χ0) is 12.8. The number of nitrogens with zero attached hydrogens (tertiary/aromatic N) is 1. The van der Waals surface area contributed by atoms with E-state index in [0.717, 1.165) is 4.90 Å². The Kier molecular flexibility index (Phi) is 4.92. The van der Waals surface area contributed by atoms with Crippen molar-refractivity contribution in [3.63, 3.8) is 0 Å². The number of nitro benzene ring substituents is 1. The topological polar surface area (TPSA) is 95.5 Å². The van der Waals surface area contributed by atoms with E-state index in [1.807, 2.05) is 0 Å². The number of carbonyl (C=O) groups is 1. The van der Waals surface area contributed by atoms with Crippen LogP contribution in [0.1, 0.15) is 0 Å². The van der Waals surface area contributed by atoms with Crippen LogP contribution in [0.3, 0.4) is 0 Å². The zero-order valence-electron chi connectivity index (χ0n) is 9.16. The van der Waals surface area contributed by atoms with Gasteiger partial charge in [0.2, 0.25) is 0 Å². The molecule has 0 fully saturated rings. The molecular weight excluding hydrogens is 244 g/mol. The van der Waals surface area contributed by atoms with E-state index in [-0.39, 0.29) is 5.69 Å². The first-order valence-corrected chi connectivity index (χ1v) is 5.74. The maximum absolute atomic E-state index is 11.0. The van der Waals surface area contributed by atoms with Crippen LogP contribution in [0.25, 0.3) is 0 Å². The first kappa shape index (κ1) is 13.5. The highest BCUT2D eigenvalue weighted by Crippen LogP contribution is 2.21. The van der Waals surface area contributed by atoms with Gasteiger partial charge in [-0.3, -0.25) is 14.9 Å². The van der Waals surface area contributed by atoms with E-state index >= 15 is 0 Å². The Morgan fingerprint density at radius 2 is 2.12 bits per heavy atom. The normalized spacial score (nSPS) is 11.9. The number of carbonyl (C=O) groups excluding carboxylic acids is 1. The van der Waals surface area contributed by atoms with E-state index in [9.17, 15) is 14.9 Å². The lowest BCUT2D eigenvalue weighted by Crippen LogP contribution is -2.33. The summed E-state index contributed by atoms with van der Waals surface area (Å²) in [6, 6.07) is 5.36. The van der Waals surface area contributed by atoms with Gasteiger partial charge in [0, 0.05) is 22.8 Å². The third-order valence-corrected chi connectivity index (χ3v) is 3.11. The lowest BCUT2D eigenvalue weighted by Gasteiger charge is -2.08. The summed E-state index contributed by atoms with van der Waals surface area (Å²) in [5.74, 6) is -0.107. The molecule has 0 saturated heterocycles. The molecule has 0 heterocycles. The van der Waals surface area contributed by atoms with Crippen molar-refractivity contribution in [2.45, 2.75) is 10.9 Å². The highest BCUT2D eigenvalue weighted by Gasteiger charge is 2.14. The third kappa shape index (κ3) is 4.04. The maximum atomic E-state index is 11.0. The number of nitro groups is 1. The maximum Gasteiger partial charge on any atom is 0.323 e. The summed E-state index contributed by atoms with van der Waals surface area (Å²) >= 11 is 1.34. The second-order valence-electron chi connectivity index (χ2n) is 3.19. The number of thioether (sulfide) groups is 1. The first-order chi connectivity index (χ1) is 8.04. The highest BCUT2D eigenvalue weighted by molar-refractivity contribution is 7.99. The van der Waals surface area contributed by atoms with Crippen molar-refractivity contribution in [1.82, 2.24) is 0 Å². The molecule has 17 heavy (non-hydrogen) atoms. The Hall–Kier alpha value is -1.60. The number of esters is 1. The summed E-state index contributed by atoms with van der Waals surface area (Å²) in [6.07, 6.45) is 0. The predicted octanol–water partition coefficient (Wildman–Crippen LogP) is 1.19. The second kappa shape index (κ2) is 6.21. The lowest BCUT2D eigenvalue weighted by atomic mass is 10.3. The van der Waals surface area contributed by atoms with Gasteiger partial charge < -0.3 is 10.5 Å². The van der Waals surface area contributed by atoms with Crippen LogP contribution in [0.15, 0.2) is 29.2 Å². The number of methoxy groups -OCH3 is 1. The van der Waals surface area contributed by atoms with E-state index in [1.54, 1.807) is 12.1 Å². The molecule has 0 aromatic heterocycles. The van der Waals surface area contributed by atoms with Gasteiger partial charge >= 0.3 is 5.97 Å². The SMILES string of the molecule is COC(=O)C(N)CSc1ccc([N+](=O)[O-])cc1. The van der Waals surface area contributed by atoms with E-state index in [4.69, 9.17) is 5.73 Å². The number of non-ortho nitro benzene ring substituents is 1. The smallest absolute Gasteiger partial charge is 0.323 e. The van der Waals surface area contributed by atoms with Gasteiger partial charge in [0.05, 0.1) is 12.0 Å². The molecule has 2 N–H and O–H groups in total.